The van der Waals surface area contributed by atoms with E-state index in [1.807, 2.05) is 30.3 Å². The molecule has 0 aliphatic heterocycles. The maximum Gasteiger partial charge on any atom is 0.272 e. The van der Waals surface area contributed by atoms with Gasteiger partial charge in [0.05, 0.1) is 18.7 Å². The maximum atomic E-state index is 13.2. The molecule has 2 aliphatic carbocycles. The van der Waals surface area contributed by atoms with Crippen LogP contribution in [0.15, 0.2) is 30.3 Å². The van der Waals surface area contributed by atoms with Crippen LogP contribution in [-0.2, 0) is 12.8 Å². The molecule has 1 atom stereocenters. The number of aliphatic hydroxyl groups excluding tert-OH is 1. The number of aromatic nitrogens is 2. The molecule has 0 unspecified atom stereocenters. The van der Waals surface area contributed by atoms with Gasteiger partial charge in [0.15, 0.2) is 5.69 Å². The molecule has 1 aromatic heterocycles. The molecular weight excluding hydrogens is 350 g/mol. The zero-order chi connectivity index (χ0) is 19.3. The zero-order valence-corrected chi connectivity index (χ0v) is 16.6. The van der Waals surface area contributed by atoms with Gasteiger partial charge < -0.3 is 10.4 Å². The average molecular weight is 382 g/mol. The smallest absolute Gasteiger partial charge is 0.272 e. The van der Waals surface area contributed by atoms with Crippen LogP contribution in [0.25, 0.3) is 0 Å². The third-order valence-electron chi connectivity index (χ3n) is 6.28. The minimum atomic E-state index is -0.407. The lowest BCUT2D eigenvalue weighted by Gasteiger charge is -2.24. The van der Waals surface area contributed by atoms with Gasteiger partial charge in [-0.1, -0.05) is 56.0 Å². The summed E-state index contributed by atoms with van der Waals surface area (Å²) in [6, 6.07) is 9.68. The highest BCUT2D eigenvalue weighted by Crippen LogP contribution is 2.33. The van der Waals surface area contributed by atoms with Crippen LogP contribution in [0.2, 0.25) is 0 Å². The molecular formula is C23H31N3O2. The normalized spacial score (nSPS) is 18.9. The predicted octanol–water partition coefficient (Wildman–Crippen LogP) is 4.12. The Hall–Kier alpha value is -2.14. The van der Waals surface area contributed by atoms with Gasteiger partial charge in [-0.15, -0.1) is 0 Å². The van der Waals surface area contributed by atoms with E-state index in [0.717, 1.165) is 30.4 Å². The molecule has 0 bridgehead atoms. The van der Waals surface area contributed by atoms with Crippen molar-refractivity contribution in [3.8, 4) is 0 Å². The van der Waals surface area contributed by atoms with Crippen molar-refractivity contribution < 1.29 is 9.90 Å². The topological polar surface area (TPSA) is 67.2 Å². The van der Waals surface area contributed by atoms with Gasteiger partial charge in [0.2, 0.25) is 0 Å². The summed E-state index contributed by atoms with van der Waals surface area (Å²) in [5, 5.41) is 17.7. The minimum absolute atomic E-state index is 0.124. The number of amides is 1. The summed E-state index contributed by atoms with van der Waals surface area (Å²) in [7, 11) is 0. The van der Waals surface area contributed by atoms with E-state index in [4.69, 9.17) is 5.10 Å². The number of nitrogens with one attached hydrogen (secondary N) is 1. The highest BCUT2D eigenvalue weighted by atomic mass is 16.3. The third-order valence-corrected chi connectivity index (χ3v) is 6.28. The molecule has 1 heterocycles. The third kappa shape index (κ3) is 4.00. The fraction of sp³-hybridized carbons (Fsp3) is 0.565. The monoisotopic (exact) mass is 381 g/mol. The number of fused-ring (bicyclic) bond motifs is 1. The lowest BCUT2D eigenvalue weighted by atomic mass is 9.95. The van der Waals surface area contributed by atoms with Gasteiger partial charge in [-0.05, 0) is 44.1 Å². The largest absolute Gasteiger partial charge is 0.394 e. The highest BCUT2D eigenvalue weighted by molar-refractivity contribution is 5.94. The van der Waals surface area contributed by atoms with Crippen LogP contribution in [0, 0.1) is 0 Å². The molecule has 2 aliphatic rings. The number of hydrogen-bond donors (Lipinski definition) is 2. The maximum absolute atomic E-state index is 13.2. The summed E-state index contributed by atoms with van der Waals surface area (Å²) < 4.78 is 2.20. The first kappa shape index (κ1) is 19.2. The van der Waals surface area contributed by atoms with Gasteiger partial charge in [-0.25, -0.2) is 0 Å². The zero-order valence-electron chi connectivity index (χ0n) is 16.6. The van der Waals surface area contributed by atoms with Crippen LogP contribution in [-0.4, -0.2) is 27.4 Å². The molecule has 4 rings (SSSR count). The van der Waals surface area contributed by atoms with Crippen LogP contribution in [0.1, 0.15) is 90.8 Å². The van der Waals surface area contributed by atoms with Crippen molar-refractivity contribution in [1.82, 2.24) is 15.1 Å². The average Bonchev–Trinajstić information content (AvgIpc) is 2.94. The lowest BCUT2D eigenvalue weighted by molar-refractivity contribution is 0.0908. The molecule has 1 fully saturated rings. The quantitative estimate of drug-likeness (QED) is 0.766. The van der Waals surface area contributed by atoms with Crippen molar-refractivity contribution in [3.05, 3.63) is 52.8 Å². The van der Waals surface area contributed by atoms with Gasteiger partial charge in [0.25, 0.3) is 5.91 Å². The Kier molecular flexibility index (Phi) is 6.10. The Bertz CT molecular complexity index is 794. The van der Waals surface area contributed by atoms with E-state index >= 15 is 0 Å². The van der Waals surface area contributed by atoms with Crippen LogP contribution in [0.3, 0.4) is 0 Å². The van der Waals surface area contributed by atoms with E-state index in [1.165, 1.54) is 50.6 Å². The van der Waals surface area contributed by atoms with Gasteiger partial charge in [0, 0.05) is 11.3 Å². The Morgan fingerprint density at radius 3 is 2.54 bits per heavy atom. The van der Waals surface area contributed by atoms with E-state index < -0.39 is 6.04 Å². The second-order valence-electron chi connectivity index (χ2n) is 8.19. The summed E-state index contributed by atoms with van der Waals surface area (Å²) in [6.45, 7) is -0.124. The summed E-state index contributed by atoms with van der Waals surface area (Å²) >= 11 is 0. The van der Waals surface area contributed by atoms with E-state index in [1.54, 1.807) is 0 Å². The molecule has 150 valence electrons. The standard InChI is InChI=1S/C23H31N3O2/c27-16-20(17-10-4-1-5-11-17)24-23(28)22-19-14-8-3-9-15-21(19)26(25-22)18-12-6-2-7-13-18/h1,4-5,10-11,18,20,27H,2-3,6-9,12-16H2,(H,24,28)/t20-/m0/s1. The van der Waals surface area contributed by atoms with Crippen LogP contribution >= 0.6 is 0 Å². The first-order valence-electron chi connectivity index (χ1n) is 10.8. The Morgan fingerprint density at radius 1 is 1.07 bits per heavy atom. The molecule has 5 nitrogen and oxygen atoms in total. The molecule has 1 aromatic carbocycles. The van der Waals surface area contributed by atoms with Crippen molar-refractivity contribution >= 4 is 5.91 Å². The van der Waals surface area contributed by atoms with Gasteiger partial charge in [-0.2, -0.15) is 5.10 Å². The highest BCUT2D eigenvalue weighted by Gasteiger charge is 2.29. The van der Waals surface area contributed by atoms with E-state index in [0.29, 0.717) is 11.7 Å². The fourth-order valence-electron chi connectivity index (χ4n) is 4.76. The molecule has 0 saturated heterocycles. The van der Waals surface area contributed by atoms with Crippen LogP contribution in [0.4, 0.5) is 0 Å². The van der Waals surface area contributed by atoms with Crippen LogP contribution in [0.5, 0.6) is 0 Å². The lowest BCUT2D eigenvalue weighted by Crippen LogP contribution is -2.31. The first-order valence-corrected chi connectivity index (χ1v) is 10.8. The molecule has 28 heavy (non-hydrogen) atoms. The summed E-state index contributed by atoms with van der Waals surface area (Å²) in [4.78, 5) is 13.2. The molecule has 2 aromatic rings. The van der Waals surface area contributed by atoms with Crippen molar-refractivity contribution in [2.24, 2.45) is 0 Å². The van der Waals surface area contributed by atoms with E-state index in [-0.39, 0.29) is 12.5 Å². The molecule has 0 spiro atoms. The van der Waals surface area contributed by atoms with Crippen molar-refractivity contribution in [2.75, 3.05) is 6.61 Å². The minimum Gasteiger partial charge on any atom is -0.394 e. The fourth-order valence-corrected chi connectivity index (χ4v) is 4.76. The number of hydrogen-bond acceptors (Lipinski definition) is 3. The Balaban J connectivity index is 1.62. The van der Waals surface area contributed by atoms with E-state index in [9.17, 15) is 9.90 Å². The van der Waals surface area contributed by atoms with Crippen molar-refractivity contribution in [1.29, 1.82) is 0 Å². The number of aliphatic hydroxyl groups is 1. The number of carbonyl (C=O) groups is 1. The summed E-state index contributed by atoms with van der Waals surface area (Å²) in [5.41, 5.74) is 3.92. The predicted molar refractivity (Wildman–Crippen MR) is 109 cm³/mol. The SMILES string of the molecule is O=C(N[C@@H](CO)c1ccccc1)c1nn(C2CCCCC2)c2c1CCCCC2. The Morgan fingerprint density at radius 2 is 1.79 bits per heavy atom. The van der Waals surface area contributed by atoms with Crippen molar-refractivity contribution in [3.63, 3.8) is 0 Å². The van der Waals surface area contributed by atoms with Gasteiger partial charge >= 0.3 is 0 Å². The molecule has 0 radical (unpaired) electrons. The number of carbonyl (C=O) groups excluding carboxylic acids is 1. The summed E-state index contributed by atoms with van der Waals surface area (Å²) in [6.07, 6.45) is 11.6. The second kappa shape index (κ2) is 8.91. The molecule has 2 N–H and O–H groups in total. The van der Waals surface area contributed by atoms with Gasteiger partial charge in [0.1, 0.15) is 0 Å². The number of benzene rings is 1. The summed E-state index contributed by atoms with van der Waals surface area (Å²) in [5.74, 6) is -0.157. The number of nitrogens with zero attached hydrogens (tertiary/aromatic N) is 2. The van der Waals surface area contributed by atoms with E-state index in [2.05, 4.69) is 10.00 Å². The first-order chi connectivity index (χ1) is 13.8. The second-order valence-corrected chi connectivity index (χ2v) is 8.19. The molecule has 5 heteroatoms. The molecule has 1 amide bonds. The Labute approximate surface area is 167 Å². The molecule has 1 saturated carbocycles. The van der Waals surface area contributed by atoms with Gasteiger partial charge in [-0.3, -0.25) is 9.48 Å². The van der Waals surface area contributed by atoms with Crippen LogP contribution < -0.4 is 5.32 Å². The number of rotatable bonds is 5. The van der Waals surface area contributed by atoms with Crippen molar-refractivity contribution in [2.45, 2.75) is 76.3 Å².